The van der Waals surface area contributed by atoms with Crippen LogP contribution in [-0.4, -0.2) is 4.98 Å². The molecule has 76 valence electrons. The Bertz CT molecular complexity index is 638. The van der Waals surface area contributed by atoms with Crippen LogP contribution in [0.25, 0.3) is 17.3 Å². The third kappa shape index (κ3) is 0.843. The summed E-state index contributed by atoms with van der Waals surface area (Å²) in [7, 11) is 0. The molecule has 16 heavy (non-hydrogen) atoms. The minimum absolute atomic E-state index is 0.372. The number of aromatic nitrogens is 1. The molecular formula is C15H11N. The molecule has 2 aliphatic rings. The Kier molecular flexibility index (Phi) is 1.35. The fraction of sp³-hybridized carbons (Fsp3) is 0.133. The number of benzene rings is 1. The summed E-state index contributed by atoms with van der Waals surface area (Å²) in [5, 5.41) is 0. The third-order valence-corrected chi connectivity index (χ3v) is 3.62. The van der Waals surface area contributed by atoms with Crippen molar-refractivity contribution in [2.24, 2.45) is 0 Å². The van der Waals surface area contributed by atoms with Crippen molar-refractivity contribution in [2.45, 2.75) is 12.8 Å². The van der Waals surface area contributed by atoms with Gasteiger partial charge < -0.3 is 0 Å². The molecule has 6 bridgehead atoms. The van der Waals surface area contributed by atoms with Gasteiger partial charge in [-0.15, -0.1) is 0 Å². The Morgan fingerprint density at radius 1 is 1.12 bits per heavy atom. The van der Waals surface area contributed by atoms with E-state index in [1.165, 1.54) is 27.9 Å². The first-order valence-corrected chi connectivity index (χ1v) is 5.63. The predicted molar refractivity (Wildman–Crippen MR) is 65.3 cm³/mol. The summed E-state index contributed by atoms with van der Waals surface area (Å²) >= 11 is 0. The molecule has 1 atom stereocenters. The Hall–Kier alpha value is -1.89. The van der Waals surface area contributed by atoms with Crippen molar-refractivity contribution in [2.75, 3.05) is 0 Å². The normalized spacial score (nSPS) is 18.7. The van der Waals surface area contributed by atoms with Crippen LogP contribution in [0.5, 0.6) is 0 Å². The fourth-order valence-electron chi connectivity index (χ4n) is 2.79. The summed E-state index contributed by atoms with van der Waals surface area (Å²) in [6.07, 6.45) is 4.51. The third-order valence-electron chi connectivity index (χ3n) is 3.62. The number of pyridine rings is 1. The molecule has 1 nitrogen and oxygen atoms in total. The lowest BCUT2D eigenvalue weighted by Crippen LogP contribution is -1.97. The second kappa shape index (κ2) is 2.62. The highest BCUT2D eigenvalue weighted by Crippen LogP contribution is 2.43. The number of fused-ring (bicyclic) bond motifs is 4. The summed E-state index contributed by atoms with van der Waals surface area (Å²) in [5.41, 5.74) is 7.65. The van der Waals surface area contributed by atoms with E-state index in [-0.39, 0.29) is 0 Å². The highest BCUT2D eigenvalue weighted by Gasteiger charge is 2.27. The topological polar surface area (TPSA) is 12.9 Å². The van der Waals surface area contributed by atoms with Crippen molar-refractivity contribution in [3.05, 3.63) is 58.8 Å². The first-order chi connectivity index (χ1) is 7.84. The van der Waals surface area contributed by atoms with E-state index in [0.29, 0.717) is 5.92 Å². The summed E-state index contributed by atoms with van der Waals surface area (Å²) in [6.45, 7) is 2.13. The maximum absolute atomic E-state index is 4.80. The van der Waals surface area contributed by atoms with Crippen molar-refractivity contribution in [3.8, 4) is 11.3 Å². The SMILES string of the molecule is Cc1ccc2nc1-c1cccc3c1C=CC23. The molecule has 0 fully saturated rings. The van der Waals surface area contributed by atoms with Gasteiger partial charge in [0.05, 0.1) is 11.4 Å². The van der Waals surface area contributed by atoms with E-state index >= 15 is 0 Å². The molecule has 0 amide bonds. The molecule has 0 saturated carbocycles. The molecule has 1 aliphatic heterocycles. The lowest BCUT2D eigenvalue weighted by atomic mass is 9.96. The first-order valence-electron chi connectivity index (χ1n) is 5.63. The number of allylic oxidation sites excluding steroid dienone is 1. The van der Waals surface area contributed by atoms with E-state index in [1.807, 2.05) is 0 Å². The van der Waals surface area contributed by atoms with Crippen LogP contribution in [0.4, 0.5) is 0 Å². The summed E-state index contributed by atoms with van der Waals surface area (Å²) in [6, 6.07) is 10.9. The monoisotopic (exact) mass is 205 g/mol. The minimum Gasteiger partial charge on any atom is -0.252 e. The van der Waals surface area contributed by atoms with Crippen LogP contribution >= 0.6 is 0 Å². The molecule has 2 aromatic rings. The van der Waals surface area contributed by atoms with Gasteiger partial charge in [0, 0.05) is 11.5 Å². The van der Waals surface area contributed by atoms with Crippen molar-refractivity contribution in [1.29, 1.82) is 0 Å². The second-order valence-corrected chi connectivity index (χ2v) is 4.55. The maximum Gasteiger partial charge on any atom is 0.0740 e. The second-order valence-electron chi connectivity index (χ2n) is 4.55. The molecule has 0 N–H and O–H groups in total. The van der Waals surface area contributed by atoms with Gasteiger partial charge in [-0.1, -0.05) is 36.4 Å². The van der Waals surface area contributed by atoms with Gasteiger partial charge in [-0.3, -0.25) is 4.98 Å². The van der Waals surface area contributed by atoms with Gasteiger partial charge in [-0.25, -0.2) is 0 Å². The molecule has 2 heterocycles. The van der Waals surface area contributed by atoms with Crippen LogP contribution in [0.15, 0.2) is 36.4 Å². The summed E-state index contributed by atoms with van der Waals surface area (Å²) in [5.74, 6) is 0.372. The largest absolute Gasteiger partial charge is 0.252 e. The van der Waals surface area contributed by atoms with Crippen LogP contribution in [0.3, 0.4) is 0 Å². The zero-order chi connectivity index (χ0) is 10.7. The Labute approximate surface area is 94.5 Å². The molecule has 1 heteroatoms. The van der Waals surface area contributed by atoms with Gasteiger partial charge in [-0.05, 0) is 29.7 Å². The quantitative estimate of drug-likeness (QED) is 0.641. The van der Waals surface area contributed by atoms with Crippen LogP contribution in [0, 0.1) is 6.92 Å². The predicted octanol–water partition coefficient (Wildman–Crippen LogP) is 3.53. The lowest BCUT2D eigenvalue weighted by molar-refractivity contribution is 0.982. The highest BCUT2D eigenvalue weighted by atomic mass is 14.7. The molecule has 1 unspecified atom stereocenters. The average molecular weight is 205 g/mol. The van der Waals surface area contributed by atoms with E-state index in [1.54, 1.807) is 0 Å². The first kappa shape index (κ1) is 8.28. The van der Waals surface area contributed by atoms with Crippen LogP contribution in [-0.2, 0) is 0 Å². The Balaban J connectivity index is 2.23. The summed E-state index contributed by atoms with van der Waals surface area (Å²) in [4.78, 5) is 4.80. The van der Waals surface area contributed by atoms with E-state index in [2.05, 4.69) is 49.4 Å². The summed E-state index contributed by atoms with van der Waals surface area (Å²) < 4.78 is 0. The number of aryl methyl sites for hydroxylation is 1. The van der Waals surface area contributed by atoms with E-state index in [9.17, 15) is 0 Å². The highest BCUT2D eigenvalue weighted by molar-refractivity contribution is 5.82. The number of rotatable bonds is 0. The standard InChI is InChI=1S/C15H11N/c1-9-5-8-14-12-7-6-11-10(12)3-2-4-13(11)15(9)16-14/h2-8,12H,1H3. The number of hydrogen-bond acceptors (Lipinski definition) is 1. The van der Waals surface area contributed by atoms with E-state index in [0.717, 1.165) is 5.69 Å². The van der Waals surface area contributed by atoms with Crippen molar-refractivity contribution in [1.82, 2.24) is 4.98 Å². The molecule has 4 rings (SSSR count). The van der Waals surface area contributed by atoms with Gasteiger partial charge in [0.25, 0.3) is 0 Å². The molecule has 1 aromatic carbocycles. The number of hydrogen-bond donors (Lipinski definition) is 0. The Morgan fingerprint density at radius 3 is 3.00 bits per heavy atom. The molecule has 1 aliphatic carbocycles. The molecule has 0 radical (unpaired) electrons. The van der Waals surface area contributed by atoms with Crippen LogP contribution in [0.1, 0.15) is 28.3 Å². The minimum atomic E-state index is 0.372. The molecule has 0 saturated heterocycles. The maximum atomic E-state index is 4.80. The molecule has 1 aromatic heterocycles. The van der Waals surface area contributed by atoms with Crippen molar-refractivity contribution < 1.29 is 0 Å². The van der Waals surface area contributed by atoms with Crippen molar-refractivity contribution >= 4 is 6.08 Å². The number of nitrogens with zero attached hydrogens (tertiary/aromatic N) is 1. The van der Waals surface area contributed by atoms with Gasteiger partial charge in [0.2, 0.25) is 0 Å². The fourth-order valence-corrected chi connectivity index (χ4v) is 2.79. The molecular weight excluding hydrogens is 194 g/mol. The smallest absolute Gasteiger partial charge is 0.0740 e. The van der Waals surface area contributed by atoms with E-state index < -0.39 is 0 Å². The van der Waals surface area contributed by atoms with Crippen LogP contribution < -0.4 is 0 Å². The van der Waals surface area contributed by atoms with Crippen LogP contribution in [0.2, 0.25) is 0 Å². The zero-order valence-corrected chi connectivity index (χ0v) is 9.07. The van der Waals surface area contributed by atoms with E-state index in [4.69, 9.17) is 4.98 Å². The molecule has 0 spiro atoms. The van der Waals surface area contributed by atoms with Gasteiger partial charge in [-0.2, -0.15) is 0 Å². The van der Waals surface area contributed by atoms with Gasteiger partial charge in [0.15, 0.2) is 0 Å². The zero-order valence-electron chi connectivity index (χ0n) is 9.07. The van der Waals surface area contributed by atoms with Gasteiger partial charge >= 0.3 is 0 Å². The average Bonchev–Trinajstić information content (AvgIpc) is 2.70. The lowest BCUT2D eigenvalue weighted by Gasteiger charge is -2.08. The van der Waals surface area contributed by atoms with Crippen molar-refractivity contribution in [3.63, 3.8) is 0 Å². The Morgan fingerprint density at radius 2 is 2.06 bits per heavy atom. The van der Waals surface area contributed by atoms with Gasteiger partial charge in [0.1, 0.15) is 0 Å².